The summed E-state index contributed by atoms with van der Waals surface area (Å²) in [5.41, 5.74) is 9.05. The maximum Gasteiger partial charge on any atom is 0.184 e. The van der Waals surface area contributed by atoms with Crippen LogP contribution < -0.4 is 11.2 Å². The van der Waals surface area contributed by atoms with Crippen LogP contribution >= 0.6 is 12.2 Å². The molecule has 13 heavy (non-hydrogen) atoms. The van der Waals surface area contributed by atoms with Crippen molar-refractivity contribution in [3.8, 4) is 0 Å². The highest BCUT2D eigenvalue weighted by molar-refractivity contribution is 7.80. The van der Waals surface area contributed by atoms with Crippen molar-refractivity contribution < 1.29 is 5.21 Å². The Kier molecular flexibility index (Phi) is 3.63. The molecule has 0 unspecified atom stereocenters. The van der Waals surface area contributed by atoms with Crippen LogP contribution in [0.25, 0.3) is 0 Å². The molecule has 0 radical (unpaired) electrons. The van der Waals surface area contributed by atoms with Crippen LogP contribution in [0.15, 0.2) is 10.3 Å². The zero-order valence-electron chi connectivity index (χ0n) is 7.16. The highest BCUT2D eigenvalue weighted by Gasteiger charge is 2.15. The molecule has 0 atom stereocenters. The van der Waals surface area contributed by atoms with E-state index >= 15 is 0 Å². The molecule has 0 aromatic heterocycles. The highest BCUT2D eigenvalue weighted by atomic mass is 32.1. The minimum Gasteiger partial charge on any atom is -0.411 e. The van der Waals surface area contributed by atoms with Crippen molar-refractivity contribution in [3.05, 3.63) is 0 Å². The van der Waals surface area contributed by atoms with Gasteiger partial charge in [-0.3, -0.25) is 5.43 Å². The maximum atomic E-state index is 8.64. The SMILES string of the molecule is NC(=S)N/N=C1/CCCC/C1=N/O. The fraction of sp³-hybridized carbons (Fsp3) is 0.571. The zero-order valence-corrected chi connectivity index (χ0v) is 7.97. The smallest absolute Gasteiger partial charge is 0.184 e. The van der Waals surface area contributed by atoms with Crippen molar-refractivity contribution in [3.63, 3.8) is 0 Å². The van der Waals surface area contributed by atoms with Gasteiger partial charge < -0.3 is 10.9 Å². The van der Waals surface area contributed by atoms with Gasteiger partial charge in [-0.05, 0) is 37.9 Å². The zero-order chi connectivity index (χ0) is 9.68. The predicted molar refractivity (Wildman–Crippen MR) is 55.0 cm³/mol. The highest BCUT2D eigenvalue weighted by Crippen LogP contribution is 2.12. The van der Waals surface area contributed by atoms with Crippen LogP contribution in [0.1, 0.15) is 25.7 Å². The Bertz CT molecular complexity index is 261. The number of hydrogen-bond acceptors (Lipinski definition) is 4. The summed E-state index contributed by atoms with van der Waals surface area (Å²) in [6.07, 6.45) is 3.64. The number of nitrogens with zero attached hydrogens (tertiary/aromatic N) is 2. The fourth-order valence-electron chi connectivity index (χ4n) is 1.22. The van der Waals surface area contributed by atoms with Gasteiger partial charge in [-0.15, -0.1) is 0 Å². The van der Waals surface area contributed by atoms with Crippen LogP contribution in [0.2, 0.25) is 0 Å². The van der Waals surface area contributed by atoms with E-state index in [2.05, 4.69) is 27.9 Å². The van der Waals surface area contributed by atoms with E-state index in [9.17, 15) is 0 Å². The first kappa shape index (κ1) is 9.91. The molecule has 6 heteroatoms. The Morgan fingerprint density at radius 1 is 1.38 bits per heavy atom. The Morgan fingerprint density at radius 3 is 2.54 bits per heavy atom. The quantitative estimate of drug-likeness (QED) is 0.328. The van der Waals surface area contributed by atoms with Crippen molar-refractivity contribution in [1.82, 2.24) is 5.43 Å². The van der Waals surface area contributed by atoms with Gasteiger partial charge in [-0.25, -0.2) is 0 Å². The molecule has 0 aromatic carbocycles. The number of nitrogens with two attached hydrogens (primary N) is 1. The number of hydrazone groups is 1. The molecule has 0 spiro atoms. The monoisotopic (exact) mass is 200 g/mol. The topological polar surface area (TPSA) is 83.0 Å². The van der Waals surface area contributed by atoms with Gasteiger partial charge in [0.15, 0.2) is 5.11 Å². The standard InChI is InChI=1S/C7H12N4OS/c8-7(13)10-9-5-3-1-2-4-6(5)11-12/h12H,1-4H2,(H3,8,10,13)/b9-5-,11-6-. The van der Waals surface area contributed by atoms with Crippen molar-refractivity contribution in [2.45, 2.75) is 25.7 Å². The third-order valence-electron chi connectivity index (χ3n) is 1.83. The number of thiocarbonyl (C=S) groups is 1. The molecule has 0 aromatic rings. The first-order valence-corrected chi connectivity index (χ1v) is 4.48. The average Bonchev–Trinajstić information content (AvgIpc) is 2.15. The van der Waals surface area contributed by atoms with Gasteiger partial charge >= 0.3 is 0 Å². The maximum absolute atomic E-state index is 8.64. The van der Waals surface area contributed by atoms with Gasteiger partial charge in [0.1, 0.15) is 5.71 Å². The van der Waals surface area contributed by atoms with Crippen LogP contribution in [0.4, 0.5) is 0 Å². The summed E-state index contributed by atoms with van der Waals surface area (Å²) < 4.78 is 0. The van der Waals surface area contributed by atoms with E-state index < -0.39 is 0 Å². The Hall–Kier alpha value is -1.17. The molecule has 0 bridgehead atoms. The van der Waals surface area contributed by atoms with E-state index in [1.54, 1.807) is 0 Å². The predicted octanol–water partition coefficient (Wildman–Crippen LogP) is 0.580. The normalized spacial score (nSPS) is 23.4. The Morgan fingerprint density at radius 2 is 2.00 bits per heavy atom. The lowest BCUT2D eigenvalue weighted by atomic mass is 9.97. The van der Waals surface area contributed by atoms with E-state index in [0.717, 1.165) is 31.4 Å². The summed E-state index contributed by atoms with van der Waals surface area (Å²) in [7, 11) is 0. The molecule has 0 heterocycles. The van der Waals surface area contributed by atoms with Crippen LogP contribution in [-0.4, -0.2) is 21.7 Å². The molecule has 4 N–H and O–H groups in total. The van der Waals surface area contributed by atoms with E-state index in [1.807, 2.05) is 0 Å². The van der Waals surface area contributed by atoms with Gasteiger partial charge in [0.2, 0.25) is 0 Å². The minimum absolute atomic E-state index is 0.121. The molecule has 72 valence electrons. The summed E-state index contributed by atoms with van der Waals surface area (Å²) >= 11 is 4.60. The Balaban J connectivity index is 2.64. The summed E-state index contributed by atoms with van der Waals surface area (Å²) in [5.74, 6) is 0. The molecule has 1 aliphatic rings. The molecule has 5 nitrogen and oxygen atoms in total. The summed E-state index contributed by atoms with van der Waals surface area (Å²) in [5, 5.41) is 15.9. The second-order valence-corrected chi connectivity index (χ2v) is 3.23. The van der Waals surface area contributed by atoms with E-state index in [1.165, 1.54) is 0 Å². The van der Waals surface area contributed by atoms with Gasteiger partial charge in [-0.1, -0.05) is 5.16 Å². The first-order valence-electron chi connectivity index (χ1n) is 4.07. The lowest BCUT2D eigenvalue weighted by Crippen LogP contribution is -2.28. The van der Waals surface area contributed by atoms with E-state index in [-0.39, 0.29) is 5.11 Å². The number of rotatable bonds is 1. The molecule has 0 saturated heterocycles. The van der Waals surface area contributed by atoms with Crippen molar-refractivity contribution in [2.75, 3.05) is 0 Å². The first-order chi connectivity index (χ1) is 6.24. The van der Waals surface area contributed by atoms with Crippen molar-refractivity contribution >= 4 is 28.8 Å². The third kappa shape index (κ3) is 2.98. The van der Waals surface area contributed by atoms with Gasteiger partial charge in [0.05, 0.1) is 5.71 Å². The molecule has 0 aliphatic heterocycles. The molecular formula is C7H12N4OS. The van der Waals surface area contributed by atoms with Gasteiger partial charge in [0, 0.05) is 0 Å². The second-order valence-electron chi connectivity index (χ2n) is 2.79. The molecule has 1 aliphatic carbocycles. The molecule has 0 amide bonds. The van der Waals surface area contributed by atoms with Crippen LogP contribution in [0.3, 0.4) is 0 Å². The second kappa shape index (κ2) is 4.76. The van der Waals surface area contributed by atoms with Gasteiger partial charge in [0.25, 0.3) is 0 Å². The number of hydrogen-bond donors (Lipinski definition) is 3. The molecular weight excluding hydrogens is 188 g/mol. The van der Waals surface area contributed by atoms with Gasteiger partial charge in [-0.2, -0.15) is 5.10 Å². The number of nitrogens with one attached hydrogen (secondary N) is 1. The van der Waals surface area contributed by atoms with Crippen LogP contribution in [-0.2, 0) is 0 Å². The molecule has 1 fully saturated rings. The summed E-state index contributed by atoms with van der Waals surface area (Å²) in [4.78, 5) is 0. The average molecular weight is 200 g/mol. The summed E-state index contributed by atoms with van der Waals surface area (Å²) in [6.45, 7) is 0. The van der Waals surface area contributed by atoms with Crippen molar-refractivity contribution in [1.29, 1.82) is 0 Å². The molecule has 1 saturated carbocycles. The van der Waals surface area contributed by atoms with E-state index in [0.29, 0.717) is 5.71 Å². The third-order valence-corrected chi connectivity index (χ3v) is 1.92. The van der Waals surface area contributed by atoms with E-state index in [4.69, 9.17) is 10.9 Å². The van der Waals surface area contributed by atoms with Crippen LogP contribution in [0.5, 0.6) is 0 Å². The van der Waals surface area contributed by atoms with Crippen molar-refractivity contribution in [2.24, 2.45) is 16.0 Å². The van der Waals surface area contributed by atoms with Crippen LogP contribution in [0, 0.1) is 0 Å². The lowest BCUT2D eigenvalue weighted by molar-refractivity contribution is 0.318. The summed E-state index contributed by atoms with van der Waals surface area (Å²) in [6, 6.07) is 0. The number of oxime groups is 1. The Labute approximate surface area is 81.7 Å². The molecule has 1 rings (SSSR count). The lowest BCUT2D eigenvalue weighted by Gasteiger charge is -2.13. The largest absolute Gasteiger partial charge is 0.411 e. The minimum atomic E-state index is 0.121. The fourth-order valence-corrected chi connectivity index (χ4v) is 1.27.